The molecule has 2 N–H and O–H groups in total. The Hall–Kier alpha value is -3.88. The Bertz CT molecular complexity index is 1190. The van der Waals surface area contributed by atoms with Gasteiger partial charge in [0.1, 0.15) is 5.82 Å². The summed E-state index contributed by atoms with van der Waals surface area (Å²) in [5.41, 5.74) is 2.54. The molecule has 2 aromatic carbocycles. The van der Waals surface area contributed by atoms with Crippen molar-refractivity contribution in [2.75, 3.05) is 13.7 Å². The Morgan fingerprint density at radius 2 is 2.00 bits per heavy atom. The van der Waals surface area contributed by atoms with E-state index < -0.39 is 6.04 Å². The van der Waals surface area contributed by atoms with E-state index in [1.165, 1.54) is 25.3 Å². The third kappa shape index (κ3) is 4.39. The molecule has 1 aliphatic heterocycles. The third-order valence-electron chi connectivity index (χ3n) is 5.63. The van der Waals surface area contributed by atoms with Crippen molar-refractivity contribution >= 4 is 11.6 Å². The molecule has 1 aliphatic rings. The van der Waals surface area contributed by atoms with Gasteiger partial charge < -0.3 is 19.7 Å². The molecule has 0 saturated heterocycles. The number of methoxy groups -OCH3 is 1. The van der Waals surface area contributed by atoms with Crippen LogP contribution in [0.5, 0.6) is 11.5 Å². The highest BCUT2D eigenvalue weighted by molar-refractivity contribution is 5.87. The fourth-order valence-corrected chi connectivity index (χ4v) is 3.83. The van der Waals surface area contributed by atoms with Crippen LogP contribution in [0.15, 0.2) is 52.7 Å². The van der Waals surface area contributed by atoms with Crippen LogP contribution >= 0.6 is 0 Å². The molecule has 4 rings (SSSR count). The third-order valence-corrected chi connectivity index (χ3v) is 5.63. The van der Waals surface area contributed by atoms with Crippen LogP contribution in [0.2, 0.25) is 0 Å². The van der Waals surface area contributed by atoms with Gasteiger partial charge in [0.25, 0.3) is 5.89 Å². The second-order valence-corrected chi connectivity index (χ2v) is 7.75. The van der Waals surface area contributed by atoms with Crippen LogP contribution in [-0.2, 0) is 0 Å². The van der Waals surface area contributed by atoms with E-state index in [1.54, 1.807) is 29.2 Å². The van der Waals surface area contributed by atoms with Crippen LogP contribution in [-0.4, -0.2) is 39.8 Å². The van der Waals surface area contributed by atoms with Crippen LogP contribution < -0.4 is 10.1 Å². The number of halogens is 1. The van der Waals surface area contributed by atoms with Crippen LogP contribution in [0, 0.1) is 5.82 Å². The minimum atomic E-state index is -0.631. The lowest BCUT2D eigenvalue weighted by atomic mass is 9.94. The van der Waals surface area contributed by atoms with Crippen molar-refractivity contribution in [2.24, 2.45) is 0 Å². The van der Waals surface area contributed by atoms with Gasteiger partial charge in [-0.25, -0.2) is 9.18 Å². The van der Waals surface area contributed by atoms with Crippen LogP contribution in [0.3, 0.4) is 0 Å². The summed E-state index contributed by atoms with van der Waals surface area (Å²) in [4.78, 5) is 19.1. The number of aromatic hydroxyl groups is 1. The Morgan fingerprint density at radius 3 is 2.67 bits per heavy atom. The highest BCUT2D eigenvalue weighted by atomic mass is 19.1. The molecule has 9 heteroatoms. The van der Waals surface area contributed by atoms with Gasteiger partial charge >= 0.3 is 6.03 Å². The largest absolute Gasteiger partial charge is 0.504 e. The van der Waals surface area contributed by atoms with Gasteiger partial charge in [-0.1, -0.05) is 24.6 Å². The average Bonchev–Trinajstić information content (AvgIpc) is 3.28. The van der Waals surface area contributed by atoms with Crippen molar-refractivity contribution in [1.82, 2.24) is 20.4 Å². The Balaban J connectivity index is 1.80. The lowest BCUT2D eigenvalue weighted by molar-refractivity contribution is 0.204. The highest BCUT2D eigenvalue weighted by Gasteiger charge is 2.35. The number of nitrogens with zero attached hydrogens (tertiary/aromatic N) is 3. The zero-order chi connectivity index (χ0) is 23.5. The van der Waals surface area contributed by atoms with E-state index in [9.17, 15) is 14.3 Å². The minimum Gasteiger partial charge on any atom is -0.504 e. The predicted octanol–water partition coefficient (Wildman–Crippen LogP) is 4.89. The molecular formula is C24H25FN4O4. The molecule has 1 unspecified atom stereocenters. The van der Waals surface area contributed by atoms with Gasteiger partial charge in [0.2, 0.25) is 5.82 Å². The Kier molecular flexibility index (Phi) is 6.30. The Labute approximate surface area is 190 Å². The van der Waals surface area contributed by atoms with E-state index in [0.717, 1.165) is 12.8 Å². The summed E-state index contributed by atoms with van der Waals surface area (Å²) in [6.07, 6.45) is 1.76. The highest BCUT2D eigenvalue weighted by Crippen LogP contribution is 2.39. The summed E-state index contributed by atoms with van der Waals surface area (Å²) in [5.74, 6) is 0.450. The maximum atomic E-state index is 13.3. The van der Waals surface area contributed by atoms with Gasteiger partial charge in [0.15, 0.2) is 11.5 Å². The molecule has 1 atom stereocenters. The van der Waals surface area contributed by atoms with Crippen LogP contribution in [0.25, 0.3) is 17.0 Å². The molecule has 1 aromatic heterocycles. The molecule has 2 heterocycles. The number of aromatic nitrogens is 2. The molecule has 0 aliphatic carbocycles. The maximum absolute atomic E-state index is 13.3. The summed E-state index contributed by atoms with van der Waals surface area (Å²) in [5, 5.41) is 17.4. The number of urea groups is 1. The lowest BCUT2D eigenvalue weighted by Gasteiger charge is -2.35. The Morgan fingerprint density at radius 1 is 1.24 bits per heavy atom. The number of phenols is 1. The quantitative estimate of drug-likeness (QED) is 0.530. The zero-order valence-electron chi connectivity index (χ0n) is 18.6. The standard InChI is InChI=1S/C24H25FN4O4/c1-4-5-12-29-14(2)20(23-27-22(28-33-23)15-6-9-17(25)10-7-15)21(26-24(29)31)16-8-11-19(32-3)18(30)13-16/h6-11,13,21,30H,4-5,12H2,1-3H3,(H,26,31). The SMILES string of the molecule is CCCCN1C(=O)NC(c2ccc(OC)c(O)c2)C(c2nc(-c3ccc(F)cc3)no2)=C1C. The topological polar surface area (TPSA) is 101 Å². The fraction of sp³-hybridized carbons (Fsp3) is 0.292. The summed E-state index contributed by atoms with van der Waals surface area (Å²) >= 11 is 0. The van der Waals surface area contributed by atoms with Crippen LogP contribution in [0.1, 0.15) is 44.2 Å². The normalized spacial score (nSPS) is 16.2. The lowest BCUT2D eigenvalue weighted by Crippen LogP contribution is -2.46. The number of ether oxygens (including phenoxy) is 1. The average molecular weight is 452 g/mol. The number of rotatable bonds is 7. The first kappa shape index (κ1) is 22.3. The van der Waals surface area contributed by atoms with Crippen molar-refractivity contribution in [3.8, 4) is 22.9 Å². The number of unbranched alkanes of at least 4 members (excludes halogenated alkanes) is 1. The number of nitrogens with one attached hydrogen (secondary N) is 1. The number of hydrogen-bond donors (Lipinski definition) is 2. The van der Waals surface area contributed by atoms with Crippen molar-refractivity contribution in [3.05, 3.63) is 65.4 Å². The molecular weight excluding hydrogens is 427 g/mol. The summed E-state index contributed by atoms with van der Waals surface area (Å²) in [7, 11) is 1.47. The van der Waals surface area contributed by atoms with Gasteiger partial charge in [-0.05, 0) is 55.3 Å². The van der Waals surface area contributed by atoms with E-state index in [0.29, 0.717) is 40.5 Å². The second kappa shape index (κ2) is 9.32. The van der Waals surface area contributed by atoms with E-state index in [1.807, 2.05) is 6.92 Å². The van der Waals surface area contributed by atoms with Gasteiger partial charge in [-0.15, -0.1) is 0 Å². The number of hydrogen-bond acceptors (Lipinski definition) is 6. The maximum Gasteiger partial charge on any atom is 0.322 e. The summed E-state index contributed by atoms with van der Waals surface area (Å²) in [6, 6.07) is 9.84. The number of carbonyl (C=O) groups excluding carboxylic acids is 1. The molecule has 172 valence electrons. The second-order valence-electron chi connectivity index (χ2n) is 7.75. The predicted molar refractivity (Wildman–Crippen MR) is 120 cm³/mol. The molecule has 2 amide bonds. The molecule has 0 fully saturated rings. The van der Waals surface area contributed by atoms with E-state index >= 15 is 0 Å². The zero-order valence-corrected chi connectivity index (χ0v) is 18.6. The molecule has 8 nitrogen and oxygen atoms in total. The number of amides is 2. The first-order valence-corrected chi connectivity index (χ1v) is 10.7. The summed E-state index contributed by atoms with van der Waals surface area (Å²) < 4.78 is 24.0. The first-order valence-electron chi connectivity index (χ1n) is 10.7. The van der Waals surface area contributed by atoms with Gasteiger partial charge in [-0.2, -0.15) is 4.98 Å². The summed E-state index contributed by atoms with van der Waals surface area (Å²) in [6.45, 7) is 4.43. The number of carbonyl (C=O) groups is 1. The number of allylic oxidation sites excluding steroid dienone is 1. The number of benzene rings is 2. The van der Waals surface area contributed by atoms with Crippen molar-refractivity contribution in [2.45, 2.75) is 32.7 Å². The first-order chi connectivity index (χ1) is 15.9. The van der Waals surface area contributed by atoms with E-state index in [-0.39, 0.29) is 23.5 Å². The fourth-order valence-electron chi connectivity index (χ4n) is 3.83. The molecule has 0 bridgehead atoms. The van der Waals surface area contributed by atoms with E-state index in [2.05, 4.69) is 22.4 Å². The molecule has 3 aromatic rings. The van der Waals surface area contributed by atoms with Crippen LogP contribution in [0.4, 0.5) is 9.18 Å². The minimum absolute atomic E-state index is 0.0489. The van der Waals surface area contributed by atoms with Gasteiger partial charge in [0, 0.05) is 17.8 Å². The van der Waals surface area contributed by atoms with Crippen molar-refractivity contribution in [1.29, 1.82) is 0 Å². The monoisotopic (exact) mass is 452 g/mol. The van der Waals surface area contributed by atoms with Gasteiger partial charge in [-0.3, -0.25) is 4.90 Å². The van der Waals surface area contributed by atoms with Crippen molar-refractivity contribution in [3.63, 3.8) is 0 Å². The van der Waals surface area contributed by atoms with Gasteiger partial charge in [0.05, 0.1) is 18.7 Å². The number of phenolic OH excluding ortho intramolecular Hbond substituents is 1. The molecule has 33 heavy (non-hydrogen) atoms. The molecule has 0 saturated carbocycles. The molecule has 0 spiro atoms. The van der Waals surface area contributed by atoms with Crippen molar-refractivity contribution < 1.29 is 23.6 Å². The smallest absolute Gasteiger partial charge is 0.322 e. The van der Waals surface area contributed by atoms with E-state index in [4.69, 9.17) is 9.26 Å². The molecule has 0 radical (unpaired) electrons.